The molecule has 0 atom stereocenters. The molecule has 0 aromatic heterocycles. The van der Waals surface area contributed by atoms with Crippen LogP contribution in [0.25, 0.3) is 6.08 Å². The second-order valence-corrected chi connectivity index (χ2v) is 7.43. The maximum Gasteiger partial charge on any atom is 0.416 e. The van der Waals surface area contributed by atoms with Gasteiger partial charge < -0.3 is 9.47 Å². The maximum atomic E-state index is 12.9. The predicted molar refractivity (Wildman–Crippen MR) is 119 cm³/mol. The molecule has 3 rings (SSSR count). The number of nitrogens with one attached hydrogen (secondary N) is 1. The highest BCUT2D eigenvalue weighted by molar-refractivity contribution is 8.18. The molecular weight excluding hydrogens is 443 g/mol. The largest absolute Gasteiger partial charge is 0.494 e. The Morgan fingerprint density at radius 2 is 1.88 bits per heavy atom. The summed E-state index contributed by atoms with van der Waals surface area (Å²) in [6, 6.07) is 10.0. The Bertz CT molecular complexity index is 1080. The van der Waals surface area contributed by atoms with E-state index in [9.17, 15) is 18.0 Å². The fourth-order valence-corrected chi connectivity index (χ4v) is 3.51. The first-order chi connectivity index (χ1) is 15.3. The number of rotatable bonds is 7. The van der Waals surface area contributed by atoms with Crippen LogP contribution in [0.4, 0.5) is 13.2 Å². The van der Waals surface area contributed by atoms with Gasteiger partial charge in [-0.05, 0) is 61.5 Å². The zero-order valence-electron chi connectivity index (χ0n) is 17.3. The number of alkyl halides is 3. The molecule has 1 heterocycles. The van der Waals surface area contributed by atoms with Gasteiger partial charge in [-0.2, -0.15) is 18.3 Å². The summed E-state index contributed by atoms with van der Waals surface area (Å²) in [5.74, 6) is 0.787. The first kappa shape index (κ1) is 23.4. The maximum absolute atomic E-state index is 12.9. The van der Waals surface area contributed by atoms with Crippen LogP contribution < -0.4 is 14.8 Å². The number of halogens is 3. The smallest absolute Gasteiger partial charge is 0.416 e. The highest BCUT2D eigenvalue weighted by Crippen LogP contribution is 2.31. The van der Waals surface area contributed by atoms with Crippen molar-refractivity contribution in [2.75, 3.05) is 13.2 Å². The van der Waals surface area contributed by atoms with E-state index in [4.69, 9.17) is 9.47 Å². The van der Waals surface area contributed by atoms with Gasteiger partial charge in [0.1, 0.15) is 11.5 Å². The quantitative estimate of drug-likeness (QED) is 0.352. The molecule has 0 bridgehead atoms. The molecule has 6 nitrogen and oxygen atoms in total. The van der Waals surface area contributed by atoms with Crippen LogP contribution in [0, 0.1) is 0 Å². The van der Waals surface area contributed by atoms with Crippen LogP contribution in [0.1, 0.15) is 30.5 Å². The fraction of sp³-hybridized carbons (Fsp3) is 0.227. The Kier molecular flexibility index (Phi) is 7.57. The number of benzene rings is 2. The molecule has 0 aliphatic carbocycles. The van der Waals surface area contributed by atoms with Crippen molar-refractivity contribution in [1.82, 2.24) is 5.32 Å². The lowest BCUT2D eigenvalue weighted by atomic mass is 10.1. The molecule has 168 valence electrons. The third-order valence-electron chi connectivity index (χ3n) is 4.10. The lowest BCUT2D eigenvalue weighted by Gasteiger charge is -2.09. The lowest BCUT2D eigenvalue weighted by molar-refractivity contribution is -0.137. The molecule has 1 amide bonds. The van der Waals surface area contributed by atoms with E-state index in [-0.39, 0.29) is 15.6 Å². The average molecular weight is 463 g/mol. The highest BCUT2D eigenvalue weighted by Gasteiger charge is 2.30. The molecule has 1 aliphatic rings. The summed E-state index contributed by atoms with van der Waals surface area (Å²) in [5.41, 5.74) is 0.154. The van der Waals surface area contributed by atoms with Gasteiger partial charge in [0.2, 0.25) is 0 Å². The number of hydrogen-bond donors (Lipinski definition) is 1. The van der Waals surface area contributed by atoms with Gasteiger partial charge in [0.05, 0.1) is 29.9 Å². The molecule has 2 aromatic rings. The molecule has 1 N–H and O–H groups in total. The molecule has 32 heavy (non-hydrogen) atoms. The van der Waals surface area contributed by atoms with Crippen LogP contribution >= 0.6 is 11.8 Å². The van der Waals surface area contributed by atoms with Crippen molar-refractivity contribution >= 4 is 35.1 Å². The van der Waals surface area contributed by atoms with Crippen LogP contribution in [0.5, 0.6) is 11.5 Å². The second kappa shape index (κ2) is 10.4. The van der Waals surface area contributed by atoms with E-state index in [2.05, 4.69) is 15.5 Å². The molecule has 0 spiro atoms. The van der Waals surface area contributed by atoms with Gasteiger partial charge in [-0.3, -0.25) is 10.1 Å². The van der Waals surface area contributed by atoms with Crippen molar-refractivity contribution < 1.29 is 27.4 Å². The zero-order chi connectivity index (χ0) is 23.1. The summed E-state index contributed by atoms with van der Waals surface area (Å²) < 4.78 is 49.7. The van der Waals surface area contributed by atoms with Crippen molar-refractivity contribution in [3.63, 3.8) is 0 Å². The number of nitrogens with zero attached hydrogens (tertiary/aromatic N) is 2. The van der Waals surface area contributed by atoms with Crippen LogP contribution in [0.3, 0.4) is 0 Å². The van der Waals surface area contributed by atoms with Crippen LogP contribution in [0.15, 0.2) is 57.6 Å². The van der Waals surface area contributed by atoms with Gasteiger partial charge >= 0.3 is 6.18 Å². The van der Waals surface area contributed by atoms with E-state index in [1.165, 1.54) is 24.4 Å². The predicted octanol–water partition coefficient (Wildman–Crippen LogP) is 5.10. The molecule has 2 aromatic carbocycles. The second-order valence-electron chi connectivity index (χ2n) is 6.40. The fourth-order valence-electron chi connectivity index (χ4n) is 2.73. The number of carbonyl (C=O) groups excluding carboxylic acids is 1. The molecular formula is C22H20F3N3O3S. The summed E-state index contributed by atoms with van der Waals surface area (Å²) in [4.78, 5) is 12.4. The topological polar surface area (TPSA) is 72.3 Å². The molecule has 10 heteroatoms. The number of ether oxygens (including phenoxy) is 2. The number of carbonyl (C=O) groups is 1. The van der Waals surface area contributed by atoms with Gasteiger partial charge in [-0.15, -0.1) is 5.10 Å². The van der Waals surface area contributed by atoms with E-state index in [1.54, 1.807) is 18.2 Å². The normalized spacial score (nSPS) is 16.7. The van der Waals surface area contributed by atoms with Gasteiger partial charge in [0, 0.05) is 11.6 Å². The van der Waals surface area contributed by atoms with Gasteiger partial charge in [-0.1, -0.05) is 12.1 Å². The summed E-state index contributed by atoms with van der Waals surface area (Å²) >= 11 is 0.990. The lowest BCUT2D eigenvalue weighted by Crippen LogP contribution is -2.19. The molecule has 0 unspecified atom stereocenters. The summed E-state index contributed by atoms with van der Waals surface area (Å²) in [7, 11) is 0. The van der Waals surface area contributed by atoms with E-state index in [0.29, 0.717) is 30.3 Å². The summed E-state index contributed by atoms with van der Waals surface area (Å²) in [5, 5.41) is 10.7. The molecule has 0 saturated carbocycles. The van der Waals surface area contributed by atoms with Crippen molar-refractivity contribution in [3.8, 4) is 11.5 Å². The van der Waals surface area contributed by atoms with Gasteiger partial charge in [0.15, 0.2) is 5.17 Å². The van der Waals surface area contributed by atoms with Crippen LogP contribution in [0.2, 0.25) is 0 Å². The number of hydrogen-bond acceptors (Lipinski definition) is 6. The van der Waals surface area contributed by atoms with Crippen molar-refractivity contribution in [3.05, 3.63) is 64.1 Å². The minimum atomic E-state index is -4.46. The van der Waals surface area contributed by atoms with E-state index < -0.39 is 17.6 Å². The minimum Gasteiger partial charge on any atom is -0.494 e. The molecule has 1 saturated heterocycles. The number of amides is 1. The summed E-state index contributed by atoms with van der Waals surface area (Å²) in [6.07, 6.45) is -1.60. The van der Waals surface area contributed by atoms with E-state index in [0.717, 1.165) is 23.9 Å². The Labute approximate surface area is 187 Å². The Morgan fingerprint density at radius 3 is 2.59 bits per heavy atom. The van der Waals surface area contributed by atoms with Crippen molar-refractivity contribution in [1.29, 1.82) is 0 Å². The molecule has 1 aliphatic heterocycles. The van der Waals surface area contributed by atoms with Gasteiger partial charge in [-0.25, -0.2) is 0 Å². The SMILES string of the molecule is CCOc1ccc(/C=N\N=C2/NC(=O)/C(=C/c3cccc(C(F)(F)F)c3)S2)c(OCC)c1. The molecule has 0 radical (unpaired) electrons. The standard InChI is InChI=1S/C22H20F3N3O3S/c1-3-30-17-9-8-15(18(12-17)31-4-2)13-26-28-21-27-20(29)19(32-21)11-14-6-5-7-16(10-14)22(23,24)25/h5-13H,3-4H2,1-2H3,(H,27,28,29)/b19-11-,26-13-. The van der Waals surface area contributed by atoms with Crippen LogP contribution in [-0.2, 0) is 11.0 Å². The average Bonchev–Trinajstić information content (AvgIpc) is 3.08. The van der Waals surface area contributed by atoms with Crippen molar-refractivity contribution in [2.45, 2.75) is 20.0 Å². The monoisotopic (exact) mass is 463 g/mol. The minimum absolute atomic E-state index is 0.216. The number of amidine groups is 1. The zero-order valence-corrected chi connectivity index (χ0v) is 18.1. The van der Waals surface area contributed by atoms with E-state index in [1.807, 2.05) is 13.8 Å². The summed E-state index contributed by atoms with van der Waals surface area (Å²) in [6.45, 7) is 4.73. The number of thioether (sulfide) groups is 1. The first-order valence-corrected chi connectivity index (χ1v) is 10.5. The first-order valence-electron chi connectivity index (χ1n) is 9.69. The Hall–Kier alpha value is -3.27. The van der Waals surface area contributed by atoms with E-state index >= 15 is 0 Å². The third-order valence-corrected chi connectivity index (χ3v) is 5.00. The van der Waals surface area contributed by atoms with Gasteiger partial charge in [0.25, 0.3) is 5.91 Å². The molecule has 1 fully saturated rings. The Balaban J connectivity index is 1.75. The highest BCUT2D eigenvalue weighted by atomic mass is 32.2. The van der Waals surface area contributed by atoms with Crippen LogP contribution in [-0.4, -0.2) is 30.5 Å². The Morgan fingerprint density at radius 1 is 1.09 bits per heavy atom. The third kappa shape index (κ3) is 6.13. The van der Waals surface area contributed by atoms with Crippen molar-refractivity contribution in [2.24, 2.45) is 10.2 Å².